The Labute approximate surface area is 266 Å². The van der Waals surface area contributed by atoms with Crippen LogP contribution in [-0.2, 0) is 0 Å². The molecule has 2 heterocycles. The summed E-state index contributed by atoms with van der Waals surface area (Å²) in [7, 11) is 3.36. The third kappa shape index (κ3) is 6.55. The van der Waals surface area contributed by atoms with Gasteiger partial charge in [0.2, 0.25) is 0 Å². The van der Waals surface area contributed by atoms with E-state index in [1.54, 1.807) is 14.2 Å². The molecule has 0 fully saturated rings. The van der Waals surface area contributed by atoms with E-state index in [2.05, 4.69) is 16.0 Å². The summed E-state index contributed by atoms with van der Waals surface area (Å²) in [5.74, 6) is 1.62. The fourth-order valence-electron chi connectivity index (χ4n) is 5.57. The van der Waals surface area contributed by atoms with Gasteiger partial charge in [-0.25, -0.2) is 9.97 Å². The number of anilines is 2. The average Bonchev–Trinajstić information content (AvgIpc) is 3.04. The van der Waals surface area contributed by atoms with Crippen molar-refractivity contribution in [1.82, 2.24) is 15.3 Å². The summed E-state index contributed by atoms with van der Waals surface area (Å²) >= 11 is 12.5. The second-order valence-electron chi connectivity index (χ2n) is 10.7. The number of nitrogens with zero attached hydrogens (tertiary/aromatic N) is 2. The highest BCUT2D eigenvalue weighted by Gasteiger charge is 2.12. The number of unbranched alkanes of at least 4 members (excludes halogenated alkanes) is 1. The van der Waals surface area contributed by atoms with Gasteiger partial charge in [0.05, 0.1) is 47.7 Å². The number of methoxy groups -OCH3 is 2. The molecule has 7 nitrogen and oxygen atoms in total. The normalized spacial score (nSPS) is 11.5. The molecule has 0 saturated carbocycles. The first kappa shape index (κ1) is 30.0. The molecule has 44 heavy (non-hydrogen) atoms. The van der Waals surface area contributed by atoms with Crippen LogP contribution in [-0.4, -0.2) is 50.4 Å². The number of rotatable bonds is 13. The number of pyridine rings is 2. The van der Waals surface area contributed by atoms with Gasteiger partial charge in [-0.05, 0) is 105 Å². The lowest BCUT2D eigenvalue weighted by Crippen LogP contribution is -2.20. The number of fused-ring (bicyclic) bond motifs is 4. The summed E-state index contributed by atoms with van der Waals surface area (Å²) in [5.41, 5.74) is 5.70. The molecular weight excluding hydrogens is 593 g/mol. The van der Waals surface area contributed by atoms with Crippen molar-refractivity contribution in [2.75, 3.05) is 51.0 Å². The van der Waals surface area contributed by atoms with Crippen molar-refractivity contribution in [3.05, 3.63) is 82.8 Å². The molecular formula is C35H35Cl2N5O2. The Balaban J connectivity index is 1.01. The van der Waals surface area contributed by atoms with Gasteiger partial charge in [-0.1, -0.05) is 23.2 Å². The van der Waals surface area contributed by atoms with Crippen molar-refractivity contribution in [3.63, 3.8) is 0 Å². The van der Waals surface area contributed by atoms with Gasteiger partial charge in [-0.15, -0.1) is 0 Å². The zero-order valence-corrected chi connectivity index (χ0v) is 26.4. The quantitative estimate of drug-likeness (QED) is 0.0872. The van der Waals surface area contributed by atoms with Crippen molar-refractivity contribution in [1.29, 1.82) is 0 Å². The molecule has 9 heteroatoms. The number of halogens is 2. The van der Waals surface area contributed by atoms with Crippen LogP contribution in [0.5, 0.6) is 11.5 Å². The van der Waals surface area contributed by atoms with Crippen LogP contribution in [0.1, 0.15) is 19.3 Å². The molecule has 0 aliphatic rings. The Hall–Kier alpha value is -4.04. The first-order chi connectivity index (χ1) is 21.5. The monoisotopic (exact) mass is 627 g/mol. The van der Waals surface area contributed by atoms with Crippen LogP contribution in [0.3, 0.4) is 0 Å². The summed E-state index contributed by atoms with van der Waals surface area (Å²) in [6.45, 7) is 3.57. The fraction of sp³-hybridized carbons (Fsp3) is 0.257. The smallest absolute Gasteiger partial charge is 0.119 e. The predicted octanol–water partition coefficient (Wildman–Crippen LogP) is 8.70. The zero-order valence-electron chi connectivity index (χ0n) is 24.8. The van der Waals surface area contributed by atoms with Gasteiger partial charge < -0.3 is 25.4 Å². The van der Waals surface area contributed by atoms with Gasteiger partial charge in [0.1, 0.15) is 11.5 Å². The van der Waals surface area contributed by atoms with Crippen molar-refractivity contribution < 1.29 is 9.47 Å². The molecule has 3 N–H and O–H groups in total. The molecule has 0 saturated heterocycles. The van der Waals surface area contributed by atoms with E-state index in [1.807, 2.05) is 72.8 Å². The van der Waals surface area contributed by atoms with E-state index in [4.69, 9.17) is 42.6 Å². The van der Waals surface area contributed by atoms with Crippen LogP contribution in [0.25, 0.3) is 43.6 Å². The fourth-order valence-corrected chi connectivity index (χ4v) is 5.90. The number of benzene rings is 4. The predicted molar refractivity (Wildman–Crippen MR) is 185 cm³/mol. The summed E-state index contributed by atoms with van der Waals surface area (Å²) < 4.78 is 11.0. The molecule has 0 spiro atoms. The highest BCUT2D eigenvalue weighted by atomic mass is 35.5. The molecule has 226 valence electrons. The first-order valence-electron chi connectivity index (χ1n) is 14.9. The Bertz CT molecular complexity index is 1810. The lowest BCUT2D eigenvalue weighted by atomic mass is 10.1. The largest absolute Gasteiger partial charge is 0.497 e. The molecule has 4 aromatic carbocycles. The van der Waals surface area contributed by atoms with Crippen molar-refractivity contribution >= 4 is 78.2 Å². The van der Waals surface area contributed by atoms with E-state index in [-0.39, 0.29) is 0 Å². The highest BCUT2D eigenvalue weighted by Crippen LogP contribution is 2.35. The maximum Gasteiger partial charge on any atom is 0.119 e. The molecule has 0 amide bonds. The second kappa shape index (κ2) is 13.7. The molecule has 0 aliphatic heterocycles. The number of nitrogens with one attached hydrogen (secondary N) is 3. The van der Waals surface area contributed by atoms with Crippen LogP contribution in [0.15, 0.2) is 72.8 Å². The molecule has 0 bridgehead atoms. The third-order valence-electron chi connectivity index (χ3n) is 7.80. The van der Waals surface area contributed by atoms with Crippen molar-refractivity contribution in [3.8, 4) is 11.5 Å². The summed E-state index contributed by atoms with van der Waals surface area (Å²) in [6.07, 6.45) is 3.09. The maximum atomic E-state index is 6.27. The van der Waals surface area contributed by atoms with Crippen LogP contribution in [0, 0.1) is 0 Å². The molecule has 0 radical (unpaired) electrons. The number of aromatic nitrogens is 2. The Morgan fingerprint density at radius 2 is 1.00 bits per heavy atom. The van der Waals surface area contributed by atoms with Crippen molar-refractivity contribution in [2.45, 2.75) is 19.3 Å². The zero-order chi connectivity index (χ0) is 30.5. The van der Waals surface area contributed by atoms with Crippen LogP contribution in [0.4, 0.5) is 11.4 Å². The van der Waals surface area contributed by atoms with Crippen LogP contribution in [0.2, 0.25) is 10.0 Å². The molecule has 0 aliphatic carbocycles. The van der Waals surface area contributed by atoms with Crippen LogP contribution >= 0.6 is 23.2 Å². The highest BCUT2D eigenvalue weighted by molar-refractivity contribution is 6.32. The topological polar surface area (TPSA) is 80.3 Å². The first-order valence-corrected chi connectivity index (χ1v) is 15.6. The van der Waals surface area contributed by atoms with E-state index in [0.29, 0.717) is 10.0 Å². The second-order valence-corrected chi connectivity index (χ2v) is 11.6. The van der Waals surface area contributed by atoms with Gasteiger partial charge in [-0.3, -0.25) is 0 Å². The van der Waals surface area contributed by atoms with Gasteiger partial charge >= 0.3 is 0 Å². The standard InChI is InChI=1S/C35H35Cl2N5O2/c1-43-24-8-12-30-28(20-24)34(26-10-6-22(36)18-32(26)41-30)39-16-4-3-14-38-15-5-17-40-35-27-11-7-23(37)19-33(27)42-31-13-9-25(44-2)21-29(31)35/h6-13,18-21,38H,3-5,14-17H2,1-2H3,(H,39,41)(H,40,42). The van der Waals surface area contributed by atoms with Gasteiger partial charge in [0.15, 0.2) is 0 Å². The minimum Gasteiger partial charge on any atom is -0.497 e. The lowest BCUT2D eigenvalue weighted by Gasteiger charge is -2.15. The summed E-state index contributed by atoms with van der Waals surface area (Å²) in [6, 6.07) is 23.6. The molecule has 0 atom stereocenters. The number of hydrogen-bond donors (Lipinski definition) is 3. The van der Waals surface area contributed by atoms with E-state index < -0.39 is 0 Å². The van der Waals surface area contributed by atoms with Crippen LogP contribution < -0.4 is 25.4 Å². The SMILES string of the molecule is COc1ccc2nc3cc(Cl)ccc3c(NCCCCNCCCNc3c4ccc(Cl)cc4nc4ccc(OC)cc34)c2c1. The summed E-state index contributed by atoms with van der Waals surface area (Å²) in [4.78, 5) is 9.64. The van der Waals surface area contributed by atoms with E-state index >= 15 is 0 Å². The molecule has 0 unspecified atom stereocenters. The van der Waals surface area contributed by atoms with E-state index in [9.17, 15) is 0 Å². The Morgan fingerprint density at radius 1 is 0.523 bits per heavy atom. The minimum atomic E-state index is 0.677. The van der Waals surface area contributed by atoms with E-state index in [1.165, 1.54) is 0 Å². The molecule has 6 rings (SSSR count). The van der Waals surface area contributed by atoms with Gasteiger partial charge in [-0.2, -0.15) is 0 Å². The number of ether oxygens (including phenoxy) is 2. The molecule has 6 aromatic rings. The lowest BCUT2D eigenvalue weighted by molar-refractivity contribution is 0.415. The number of hydrogen-bond acceptors (Lipinski definition) is 7. The Kier molecular flexibility index (Phi) is 9.36. The van der Waals surface area contributed by atoms with Gasteiger partial charge in [0, 0.05) is 44.7 Å². The average molecular weight is 629 g/mol. The Morgan fingerprint density at radius 3 is 1.52 bits per heavy atom. The summed E-state index contributed by atoms with van der Waals surface area (Å²) in [5, 5.41) is 16.5. The van der Waals surface area contributed by atoms with E-state index in [0.717, 1.165) is 112 Å². The minimum absolute atomic E-state index is 0.677. The maximum absolute atomic E-state index is 6.27. The van der Waals surface area contributed by atoms with Gasteiger partial charge in [0.25, 0.3) is 0 Å². The third-order valence-corrected chi connectivity index (χ3v) is 8.27. The van der Waals surface area contributed by atoms with Crippen molar-refractivity contribution in [2.24, 2.45) is 0 Å². The molecule has 2 aromatic heterocycles.